The standard InChI is InChI=1S/C7H11NOSe/c1-5(2)8-4-6(3)10-7(8)9/h5H,3-4H2,1-2H3. The number of nitrogens with zero attached hydrogens (tertiary/aromatic N) is 1. The maximum atomic E-state index is 11.1. The molecular weight excluding hydrogens is 193 g/mol. The summed E-state index contributed by atoms with van der Waals surface area (Å²) in [6, 6.07) is 0.341. The number of hydrogen-bond donors (Lipinski definition) is 0. The van der Waals surface area contributed by atoms with E-state index in [1.54, 1.807) is 0 Å². The summed E-state index contributed by atoms with van der Waals surface area (Å²) in [4.78, 5) is 13.3. The predicted molar refractivity (Wildman–Crippen MR) is 42.1 cm³/mol. The van der Waals surface area contributed by atoms with Crippen molar-refractivity contribution >= 4 is 19.8 Å². The number of amides is 1. The molecule has 1 amide bonds. The fourth-order valence-corrected chi connectivity index (χ4v) is 2.63. The third kappa shape index (κ3) is 1.41. The van der Waals surface area contributed by atoms with Gasteiger partial charge in [0.05, 0.1) is 0 Å². The fourth-order valence-electron chi connectivity index (χ4n) is 0.862. The van der Waals surface area contributed by atoms with Crippen LogP contribution in [0.5, 0.6) is 0 Å². The summed E-state index contributed by atoms with van der Waals surface area (Å²) in [6.45, 7) is 8.66. The number of rotatable bonds is 1. The van der Waals surface area contributed by atoms with Crippen LogP contribution in [0, 0.1) is 0 Å². The van der Waals surface area contributed by atoms with E-state index in [1.165, 1.54) is 0 Å². The molecule has 0 aromatic carbocycles. The number of carbonyl (C=O) groups is 1. The Morgan fingerprint density at radius 3 is 2.50 bits per heavy atom. The van der Waals surface area contributed by atoms with E-state index in [4.69, 9.17) is 0 Å². The third-order valence-electron chi connectivity index (χ3n) is 1.44. The topological polar surface area (TPSA) is 20.3 Å². The van der Waals surface area contributed by atoms with Crippen LogP contribution in [0.15, 0.2) is 11.1 Å². The molecule has 0 atom stereocenters. The van der Waals surface area contributed by atoms with Crippen LogP contribution in [0.4, 0.5) is 4.79 Å². The Kier molecular flexibility index (Phi) is 2.17. The van der Waals surface area contributed by atoms with E-state index in [-0.39, 0.29) is 19.8 Å². The second-order valence-electron chi connectivity index (χ2n) is 2.63. The van der Waals surface area contributed by atoms with Gasteiger partial charge in [-0.1, -0.05) is 0 Å². The molecule has 0 radical (unpaired) electrons. The van der Waals surface area contributed by atoms with Gasteiger partial charge in [0.15, 0.2) is 0 Å². The number of hydrogen-bond acceptors (Lipinski definition) is 1. The van der Waals surface area contributed by atoms with Crippen LogP contribution < -0.4 is 0 Å². The molecule has 3 heteroatoms. The summed E-state index contributed by atoms with van der Waals surface area (Å²) in [5, 5.41) is 0. The van der Waals surface area contributed by atoms with Crippen LogP contribution in [0.3, 0.4) is 0 Å². The molecule has 1 aliphatic heterocycles. The Morgan fingerprint density at radius 1 is 1.70 bits per heavy atom. The van der Waals surface area contributed by atoms with E-state index >= 15 is 0 Å². The molecular formula is C7H11NOSe. The normalized spacial score (nSPS) is 19.3. The molecule has 10 heavy (non-hydrogen) atoms. The second kappa shape index (κ2) is 2.77. The van der Waals surface area contributed by atoms with Crippen molar-refractivity contribution in [2.45, 2.75) is 19.9 Å². The van der Waals surface area contributed by atoms with Crippen LogP contribution >= 0.6 is 0 Å². The Balaban J connectivity index is 2.63. The van der Waals surface area contributed by atoms with Gasteiger partial charge >= 0.3 is 66.9 Å². The molecule has 2 nitrogen and oxygen atoms in total. The molecule has 0 aromatic heterocycles. The van der Waals surface area contributed by atoms with Gasteiger partial charge in [0.1, 0.15) is 0 Å². The van der Waals surface area contributed by atoms with Gasteiger partial charge in [0.2, 0.25) is 0 Å². The van der Waals surface area contributed by atoms with Gasteiger partial charge in [0.25, 0.3) is 0 Å². The Labute approximate surface area is 67.4 Å². The monoisotopic (exact) mass is 205 g/mol. The van der Waals surface area contributed by atoms with Gasteiger partial charge in [-0.3, -0.25) is 0 Å². The third-order valence-corrected chi connectivity index (χ3v) is 3.17. The molecule has 1 rings (SSSR count). The molecule has 0 unspecified atom stereocenters. The summed E-state index contributed by atoms with van der Waals surface area (Å²) in [5.41, 5.74) is 0. The summed E-state index contributed by atoms with van der Waals surface area (Å²) in [6.07, 6.45) is 0. The Morgan fingerprint density at radius 2 is 2.30 bits per heavy atom. The van der Waals surface area contributed by atoms with E-state index in [0.717, 1.165) is 11.0 Å². The molecule has 1 aliphatic rings. The van der Waals surface area contributed by atoms with Gasteiger partial charge in [-0.15, -0.1) is 0 Å². The zero-order valence-corrected chi connectivity index (χ0v) is 7.97. The van der Waals surface area contributed by atoms with E-state index in [2.05, 4.69) is 6.58 Å². The van der Waals surface area contributed by atoms with Gasteiger partial charge in [0, 0.05) is 0 Å². The van der Waals surface area contributed by atoms with Crippen LogP contribution in [0.1, 0.15) is 13.8 Å². The zero-order valence-electron chi connectivity index (χ0n) is 6.26. The van der Waals surface area contributed by atoms with Crippen molar-refractivity contribution < 1.29 is 4.79 Å². The van der Waals surface area contributed by atoms with Crippen molar-refractivity contribution in [2.75, 3.05) is 6.54 Å². The first-order valence-corrected chi connectivity index (χ1v) is 4.99. The van der Waals surface area contributed by atoms with E-state index < -0.39 is 0 Å². The summed E-state index contributed by atoms with van der Waals surface area (Å²) < 4.78 is 1.10. The van der Waals surface area contributed by atoms with Gasteiger partial charge in [-0.05, 0) is 0 Å². The zero-order chi connectivity index (χ0) is 7.72. The van der Waals surface area contributed by atoms with E-state index in [1.807, 2.05) is 18.7 Å². The van der Waals surface area contributed by atoms with Crippen LogP contribution in [-0.4, -0.2) is 37.2 Å². The van der Waals surface area contributed by atoms with Crippen molar-refractivity contribution in [3.8, 4) is 0 Å². The maximum absolute atomic E-state index is 11.1. The molecule has 0 N–H and O–H groups in total. The minimum atomic E-state index is 0.0320. The Bertz CT molecular complexity index is 176. The second-order valence-corrected chi connectivity index (χ2v) is 5.00. The predicted octanol–water partition coefficient (Wildman–Crippen LogP) is 1.05. The van der Waals surface area contributed by atoms with Gasteiger partial charge in [-0.2, -0.15) is 0 Å². The molecule has 0 bridgehead atoms. The van der Waals surface area contributed by atoms with E-state index in [9.17, 15) is 4.79 Å². The average Bonchev–Trinajstić information content (AvgIpc) is 2.10. The quantitative estimate of drug-likeness (QED) is 0.584. The SMILES string of the molecule is C=C1CN(C(C)C)C(=O)[Se]1. The molecule has 0 aliphatic carbocycles. The van der Waals surface area contributed by atoms with Crippen molar-refractivity contribution in [3.05, 3.63) is 11.1 Å². The van der Waals surface area contributed by atoms with Crippen LogP contribution in [0.2, 0.25) is 0 Å². The van der Waals surface area contributed by atoms with Crippen molar-refractivity contribution in [1.82, 2.24) is 4.90 Å². The van der Waals surface area contributed by atoms with E-state index in [0.29, 0.717) is 6.04 Å². The molecule has 56 valence electrons. The molecule has 1 saturated heterocycles. The molecule has 0 saturated carbocycles. The van der Waals surface area contributed by atoms with Crippen molar-refractivity contribution in [2.24, 2.45) is 0 Å². The minimum absolute atomic E-state index is 0.0320. The average molecular weight is 204 g/mol. The number of carbonyl (C=O) groups excluding carboxylic acids is 1. The fraction of sp³-hybridized carbons (Fsp3) is 0.571. The van der Waals surface area contributed by atoms with Crippen molar-refractivity contribution in [3.63, 3.8) is 0 Å². The summed E-state index contributed by atoms with van der Waals surface area (Å²) >= 11 is 0.0320. The summed E-state index contributed by atoms with van der Waals surface area (Å²) in [7, 11) is 0. The summed E-state index contributed by atoms with van der Waals surface area (Å²) in [5.74, 6) is 0. The molecule has 0 spiro atoms. The van der Waals surface area contributed by atoms with Gasteiger partial charge < -0.3 is 0 Å². The molecule has 0 aromatic rings. The van der Waals surface area contributed by atoms with Crippen LogP contribution in [-0.2, 0) is 0 Å². The van der Waals surface area contributed by atoms with Crippen LogP contribution in [0.25, 0.3) is 0 Å². The molecule has 1 fully saturated rings. The van der Waals surface area contributed by atoms with Crippen molar-refractivity contribution in [1.29, 1.82) is 0 Å². The molecule has 1 heterocycles. The first kappa shape index (κ1) is 7.83. The first-order chi connectivity index (χ1) is 4.61. The Hall–Kier alpha value is -0.271. The van der Waals surface area contributed by atoms with Gasteiger partial charge in [-0.25, -0.2) is 0 Å². The first-order valence-electron chi connectivity index (χ1n) is 3.27.